The van der Waals surface area contributed by atoms with Gasteiger partial charge in [0.2, 0.25) is 0 Å². The minimum atomic E-state index is -3.68. The Morgan fingerprint density at radius 3 is 1.97 bits per heavy atom. The Labute approximate surface area is 191 Å². The molecule has 0 N–H and O–H groups in total. The first-order valence-electron chi connectivity index (χ1n) is 8.87. The van der Waals surface area contributed by atoms with E-state index in [-0.39, 0.29) is 11.9 Å². The number of hydrogen-bond donors (Lipinski definition) is 0. The second-order valence-electron chi connectivity index (χ2n) is 6.43. The first-order valence-corrected chi connectivity index (χ1v) is 14.3. The summed E-state index contributed by atoms with van der Waals surface area (Å²) in [6, 6.07) is 8.01. The molecule has 0 saturated carbocycles. The highest BCUT2D eigenvalue weighted by molar-refractivity contribution is 8.08. The summed E-state index contributed by atoms with van der Waals surface area (Å²) in [6.07, 6.45) is 1.27. The number of ether oxygens (including phenoxy) is 4. The number of methoxy groups -OCH3 is 4. The van der Waals surface area contributed by atoms with Crippen molar-refractivity contribution in [2.75, 3.05) is 28.4 Å². The van der Waals surface area contributed by atoms with Crippen molar-refractivity contribution < 1.29 is 31.9 Å². The van der Waals surface area contributed by atoms with Gasteiger partial charge >= 0.3 is 0 Å². The molecule has 0 bridgehead atoms. The Balaban J connectivity index is 2.35. The predicted octanol–water partition coefficient (Wildman–Crippen LogP) is 5.48. The van der Waals surface area contributed by atoms with Crippen LogP contribution < -0.4 is 18.9 Å². The zero-order valence-corrected chi connectivity index (χ0v) is 20.6. The third-order valence-corrected chi connectivity index (χ3v) is 6.97. The highest BCUT2D eigenvalue weighted by atomic mass is 35.9. The maximum atomic E-state index is 12.7. The summed E-state index contributed by atoms with van der Waals surface area (Å²) in [7, 11) is 2.20. The minimum absolute atomic E-state index is 0.136. The second kappa shape index (κ2) is 10.6. The fraction of sp³-hybridized carbons (Fsp3) is 0.300. The highest BCUT2D eigenvalue weighted by Crippen LogP contribution is 2.60. The van der Waals surface area contributed by atoms with Gasteiger partial charge in [-0.25, -0.2) is 8.42 Å². The lowest BCUT2D eigenvalue weighted by molar-refractivity contribution is 0.374. The SMILES string of the molecule is COc1cc(OC)c(C=CS(=O)(=O)Cc2ccc(OC)c(CP(=O)(Cl)Cl)c2)c(OC)c1. The zero-order valence-electron chi connectivity index (χ0n) is 17.4. The first-order chi connectivity index (χ1) is 14.5. The molecular weight excluding hydrogens is 486 g/mol. The number of rotatable bonds is 10. The van der Waals surface area contributed by atoms with Crippen LogP contribution in [0.15, 0.2) is 35.7 Å². The van der Waals surface area contributed by atoms with Crippen molar-refractivity contribution in [1.29, 1.82) is 0 Å². The molecule has 0 aliphatic carbocycles. The van der Waals surface area contributed by atoms with Crippen LogP contribution in [-0.2, 0) is 26.3 Å². The molecule has 0 spiro atoms. The molecule has 2 aromatic rings. The van der Waals surface area contributed by atoms with Gasteiger partial charge in [0.15, 0.2) is 9.84 Å². The predicted molar refractivity (Wildman–Crippen MR) is 124 cm³/mol. The molecule has 0 aliphatic rings. The van der Waals surface area contributed by atoms with Crippen LogP contribution in [0.4, 0.5) is 0 Å². The van der Waals surface area contributed by atoms with Crippen molar-refractivity contribution in [3.63, 3.8) is 0 Å². The van der Waals surface area contributed by atoms with Crippen molar-refractivity contribution in [3.8, 4) is 23.0 Å². The fourth-order valence-corrected chi connectivity index (χ4v) is 5.39. The minimum Gasteiger partial charge on any atom is -0.496 e. The molecule has 2 rings (SSSR count). The third kappa shape index (κ3) is 7.35. The second-order valence-corrected chi connectivity index (χ2v) is 13.6. The molecule has 0 fully saturated rings. The van der Waals surface area contributed by atoms with Gasteiger partial charge in [-0.05, 0) is 40.2 Å². The Hall–Kier alpha value is -1.86. The van der Waals surface area contributed by atoms with Gasteiger partial charge in [0, 0.05) is 23.1 Å². The van der Waals surface area contributed by atoms with Gasteiger partial charge in [-0.15, -0.1) is 0 Å². The maximum absolute atomic E-state index is 12.7. The van der Waals surface area contributed by atoms with E-state index in [0.29, 0.717) is 39.7 Å². The van der Waals surface area contributed by atoms with E-state index in [9.17, 15) is 13.0 Å². The van der Waals surface area contributed by atoms with E-state index in [1.165, 1.54) is 34.5 Å². The molecule has 31 heavy (non-hydrogen) atoms. The monoisotopic (exact) mass is 508 g/mol. The van der Waals surface area contributed by atoms with Crippen molar-refractivity contribution in [1.82, 2.24) is 0 Å². The Kier molecular flexibility index (Phi) is 8.72. The van der Waals surface area contributed by atoms with Crippen LogP contribution in [0.5, 0.6) is 23.0 Å². The fourth-order valence-electron chi connectivity index (χ4n) is 2.89. The van der Waals surface area contributed by atoms with Crippen LogP contribution in [0.3, 0.4) is 0 Å². The summed E-state index contributed by atoms with van der Waals surface area (Å²) in [5.41, 5.74) is 1.39. The third-order valence-electron chi connectivity index (χ3n) is 4.26. The average molecular weight is 509 g/mol. The van der Waals surface area contributed by atoms with Crippen LogP contribution >= 0.6 is 28.3 Å². The van der Waals surface area contributed by atoms with Crippen molar-refractivity contribution in [2.24, 2.45) is 0 Å². The van der Waals surface area contributed by atoms with Crippen molar-refractivity contribution in [2.45, 2.75) is 11.9 Å². The number of halogens is 2. The summed E-state index contributed by atoms with van der Waals surface area (Å²) in [5, 5.41) is 1.08. The molecule has 0 aliphatic heterocycles. The quantitative estimate of drug-likeness (QED) is 0.392. The number of hydrogen-bond acceptors (Lipinski definition) is 7. The summed E-state index contributed by atoms with van der Waals surface area (Å²) in [5.74, 6) is -1.98. The van der Waals surface area contributed by atoms with Crippen LogP contribution in [0, 0.1) is 0 Å². The van der Waals surface area contributed by atoms with Crippen molar-refractivity contribution >= 4 is 44.2 Å². The van der Waals surface area contributed by atoms with E-state index >= 15 is 0 Å². The smallest absolute Gasteiger partial charge is 0.257 e. The normalized spacial score (nSPS) is 12.1. The van der Waals surface area contributed by atoms with E-state index in [2.05, 4.69) is 0 Å². The lowest BCUT2D eigenvalue weighted by atomic mass is 10.1. The maximum Gasteiger partial charge on any atom is 0.257 e. The molecule has 7 nitrogen and oxygen atoms in total. The van der Waals surface area contributed by atoms with E-state index in [0.717, 1.165) is 5.41 Å². The van der Waals surface area contributed by atoms with E-state index in [4.69, 9.17) is 41.4 Å². The first kappa shape index (κ1) is 25.4. The van der Waals surface area contributed by atoms with E-state index in [1.54, 1.807) is 30.3 Å². The van der Waals surface area contributed by atoms with E-state index < -0.39 is 15.7 Å². The van der Waals surface area contributed by atoms with Gasteiger partial charge in [0.1, 0.15) is 23.0 Å². The summed E-state index contributed by atoms with van der Waals surface area (Å²) >= 11 is 11.4. The van der Waals surface area contributed by atoms with Crippen LogP contribution in [0.25, 0.3) is 6.08 Å². The largest absolute Gasteiger partial charge is 0.496 e. The summed E-state index contributed by atoms with van der Waals surface area (Å²) in [4.78, 5) is 0. The summed E-state index contributed by atoms with van der Waals surface area (Å²) < 4.78 is 58.3. The molecule has 0 radical (unpaired) electrons. The standard InChI is InChI=1S/C20H23Cl2O7PS/c1-26-16-10-19(28-3)17(20(11-16)29-4)7-8-31(24,25)13-14-5-6-18(27-2)15(9-14)12-30(21,22)23/h5-11H,12-13H2,1-4H3. The van der Waals surface area contributed by atoms with Crippen LogP contribution in [0.2, 0.25) is 0 Å². The van der Waals surface area contributed by atoms with Crippen LogP contribution in [-0.4, -0.2) is 36.9 Å². The number of benzene rings is 2. The summed E-state index contributed by atoms with van der Waals surface area (Å²) in [6.45, 7) is 0. The lowest BCUT2D eigenvalue weighted by Gasteiger charge is -2.13. The molecule has 2 aromatic carbocycles. The number of sulfone groups is 1. The molecule has 0 unspecified atom stereocenters. The van der Waals surface area contributed by atoms with Gasteiger partial charge in [-0.3, -0.25) is 4.57 Å². The zero-order chi connectivity index (χ0) is 23.2. The lowest BCUT2D eigenvalue weighted by Crippen LogP contribution is -2.02. The van der Waals surface area contributed by atoms with Crippen LogP contribution in [0.1, 0.15) is 16.7 Å². The molecule has 0 heterocycles. The Bertz CT molecular complexity index is 1090. The Morgan fingerprint density at radius 1 is 0.903 bits per heavy atom. The average Bonchev–Trinajstić information content (AvgIpc) is 2.70. The Morgan fingerprint density at radius 2 is 1.48 bits per heavy atom. The van der Waals surface area contributed by atoms with Crippen molar-refractivity contribution in [3.05, 3.63) is 52.4 Å². The van der Waals surface area contributed by atoms with Gasteiger partial charge < -0.3 is 18.9 Å². The molecular formula is C20H23Cl2O7PS. The topological polar surface area (TPSA) is 88.1 Å². The van der Waals surface area contributed by atoms with Gasteiger partial charge in [-0.2, -0.15) is 0 Å². The highest BCUT2D eigenvalue weighted by Gasteiger charge is 2.19. The molecule has 0 aromatic heterocycles. The molecule has 170 valence electrons. The van der Waals surface area contributed by atoms with Gasteiger partial charge in [0.05, 0.1) is 45.9 Å². The molecule has 11 heteroatoms. The molecule has 0 saturated heterocycles. The van der Waals surface area contributed by atoms with Gasteiger partial charge in [-0.1, -0.05) is 12.1 Å². The molecule has 0 atom stereocenters. The van der Waals surface area contributed by atoms with E-state index in [1.807, 2.05) is 0 Å². The molecule has 0 amide bonds. The van der Waals surface area contributed by atoms with Gasteiger partial charge in [0.25, 0.3) is 5.85 Å².